The van der Waals surface area contributed by atoms with Crippen molar-refractivity contribution in [3.63, 3.8) is 0 Å². The molecule has 0 aliphatic rings. The van der Waals surface area contributed by atoms with Crippen molar-refractivity contribution in [1.82, 2.24) is 0 Å². The third kappa shape index (κ3) is 7.05. The number of hydrogen-bond acceptors (Lipinski definition) is 5. The second-order valence-corrected chi connectivity index (χ2v) is 9.63. The van der Waals surface area contributed by atoms with Gasteiger partial charge < -0.3 is 14.8 Å². The van der Waals surface area contributed by atoms with Gasteiger partial charge in [-0.15, -0.1) is 0 Å². The van der Waals surface area contributed by atoms with Crippen LogP contribution in [0.1, 0.15) is 18.1 Å². The summed E-state index contributed by atoms with van der Waals surface area (Å²) >= 11 is 5.64. The Balaban J connectivity index is 1.65. The van der Waals surface area contributed by atoms with E-state index in [2.05, 4.69) is 10.0 Å². The molecule has 0 spiro atoms. The number of rotatable bonds is 9. The van der Waals surface area contributed by atoms with Crippen molar-refractivity contribution < 1.29 is 35.9 Å². The van der Waals surface area contributed by atoms with Gasteiger partial charge in [0.05, 0.1) is 22.8 Å². The van der Waals surface area contributed by atoms with Gasteiger partial charge in [0.25, 0.3) is 15.9 Å². The van der Waals surface area contributed by atoms with E-state index in [4.69, 9.17) is 21.1 Å². The molecule has 0 heterocycles. The molecule has 0 fully saturated rings. The van der Waals surface area contributed by atoms with Crippen molar-refractivity contribution in [2.24, 2.45) is 0 Å². The molecule has 0 radical (unpaired) electrons. The van der Waals surface area contributed by atoms with Crippen molar-refractivity contribution in [3.8, 4) is 11.5 Å². The number of nitrogens with one attached hydrogen (secondary N) is 2. The Morgan fingerprint density at radius 2 is 1.69 bits per heavy atom. The summed E-state index contributed by atoms with van der Waals surface area (Å²) in [6.07, 6.45) is -4.72. The SMILES string of the molecule is CCOc1ccc(NS(=O)(=O)c2ccc(OCC(=O)Nc3ccc(Cl)cc3C(F)(F)F)c(C)c2)cc1. The predicted molar refractivity (Wildman–Crippen MR) is 130 cm³/mol. The lowest BCUT2D eigenvalue weighted by Crippen LogP contribution is -2.22. The first-order chi connectivity index (χ1) is 16.9. The fourth-order valence-electron chi connectivity index (χ4n) is 3.14. The second kappa shape index (κ2) is 11.1. The Bertz CT molecular complexity index is 1350. The summed E-state index contributed by atoms with van der Waals surface area (Å²) in [5, 5.41) is 2.03. The first kappa shape index (κ1) is 27.2. The van der Waals surface area contributed by atoms with Crippen LogP contribution in [0.25, 0.3) is 0 Å². The molecule has 0 saturated heterocycles. The van der Waals surface area contributed by atoms with Gasteiger partial charge in [-0.1, -0.05) is 11.6 Å². The quantitative estimate of drug-likeness (QED) is 0.352. The Hall–Kier alpha value is -3.44. The maximum absolute atomic E-state index is 13.2. The fourth-order valence-corrected chi connectivity index (χ4v) is 4.46. The fraction of sp³-hybridized carbons (Fsp3) is 0.208. The van der Waals surface area contributed by atoms with Crippen LogP contribution in [0.15, 0.2) is 65.6 Å². The zero-order chi connectivity index (χ0) is 26.5. The minimum Gasteiger partial charge on any atom is -0.494 e. The summed E-state index contributed by atoms with van der Waals surface area (Å²) < 4.78 is 78.3. The number of amides is 1. The van der Waals surface area contributed by atoms with E-state index in [1.54, 1.807) is 31.2 Å². The maximum atomic E-state index is 13.2. The molecular formula is C24H22ClF3N2O5S. The monoisotopic (exact) mass is 542 g/mol. The molecule has 0 saturated carbocycles. The largest absolute Gasteiger partial charge is 0.494 e. The number of carbonyl (C=O) groups excluding carboxylic acids is 1. The van der Waals surface area contributed by atoms with E-state index in [0.29, 0.717) is 29.7 Å². The first-order valence-electron chi connectivity index (χ1n) is 10.5. The van der Waals surface area contributed by atoms with Gasteiger partial charge in [0.1, 0.15) is 11.5 Å². The van der Waals surface area contributed by atoms with E-state index < -0.39 is 40.0 Å². The zero-order valence-electron chi connectivity index (χ0n) is 19.1. The Labute approximate surface area is 211 Å². The summed E-state index contributed by atoms with van der Waals surface area (Å²) in [5.74, 6) is -0.0408. The maximum Gasteiger partial charge on any atom is 0.418 e. The number of anilines is 2. The van der Waals surface area contributed by atoms with Crippen molar-refractivity contribution in [2.45, 2.75) is 24.9 Å². The second-order valence-electron chi connectivity index (χ2n) is 7.51. The number of aryl methyl sites for hydroxylation is 1. The minimum atomic E-state index is -4.72. The molecule has 0 bridgehead atoms. The van der Waals surface area contributed by atoms with Crippen LogP contribution in [-0.4, -0.2) is 27.5 Å². The zero-order valence-corrected chi connectivity index (χ0v) is 20.7. The van der Waals surface area contributed by atoms with Crippen molar-refractivity contribution in [3.05, 3.63) is 76.8 Å². The highest BCUT2D eigenvalue weighted by molar-refractivity contribution is 7.92. The molecular weight excluding hydrogens is 521 g/mol. The van der Waals surface area contributed by atoms with Gasteiger partial charge in [0.2, 0.25) is 0 Å². The van der Waals surface area contributed by atoms with E-state index in [1.807, 2.05) is 6.92 Å². The summed E-state index contributed by atoms with van der Waals surface area (Å²) in [4.78, 5) is 12.2. The van der Waals surface area contributed by atoms with Crippen LogP contribution in [0.4, 0.5) is 24.5 Å². The lowest BCUT2D eigenvalue weighted by molar-refractivity contribution is -0.137. The average Bonchev–Trinajstić information content (AvgIpc) is 2.80. The molecule has 7 nitrogen and oxygen atoms in total. The number of carbonyl (C=O) groups is 1. The number of alkyl halides is 3. The van der Waals surface area contributed by atoms with Gasteiger partial charge >= 0.3 is 6.18 Å². The lowest BCUT2D eigenvalue weighted by Gasteiger charge is -2.15. The molecule has 3 aromatic carbocycles. The van der Waals surface area contributed by atoms with E-state index >= 15 is 0 Å². The molecule has 0 aliphatic heterocycles. The van der Waals surface area contributed by atoms with Crippen LogP contribution < -0.4 is 19.5 Å². The van der Waals surface area contributed by atoms with Gasteiger partial charge in [-0.25, -0.2) is 8.42 Å². The summed E-state index contributed by atoms with van der Waals surface area (Å²) in [6, 6.07) is 13.4. The highest BCUT2D eigenvalue weighted by Crippen LogP contribution is 2.36. The Morgan fingerprint density at radius 3 is 2.31 bits per heavy atom. The van der Waals surface area contributed by atoms with Crippen LogP contribution in [0.2, 0.25) is 5.02 Å². The Kier molecular flexibility index (Phi) is 8.36. The lowest BCUT2D eigenvalue weighted by atomic mass is 10.1. The molecule has 0 unspecified atom stereocenters. The third-order valence-electron chi connectivity index (χ3n) is 4.79. The van der Waals surface area contributed by atoms with Crippen LogP contribution in [0.5, 0.6) is 11.5 Å². The number of sulfonamides is 1. The van der Waals surface area contributed by atoms with Gasteiger partial charge in [0, 0.05) is 10.7 Å². The normalized spacial score (nSPS) is 11.6. The van der Waals surface area contributed by atoms with E-state index in [1.165, 1.54) is 24.3 Å². The van der Waals surface area contributed by atoms with Crippen LogP contribution in [0.3, 0.4) is 0 Å². The Morgan fingerprint density at radius 1 is 1.00 bits per heavy atom. The van der Waals surface area contributed by atoms with Gasteiger partial charge in [-0.05, 0) is 80.1 Å². The average molecular weight is 543 g/mol. The first-order valence-corrected chi connectivity index (χ1v) is 12.4. The molecule has 3 aromatic rings. The third-order valence-corrected chi connectivity index (χ3v) is 6.41. The molecule has 0 aromatic heterocycles. The molecule has 0 atom stereocenters. The van der Waals surface area contributed by atoms with E-state index in [0.717, 1.165) is 6.07 Å². The molecule has 0 aliphatic carbocycles. The van der Waals surface area contributed by atoms with Crippen molar-refractivity contribution in [2.75, 3.05) is 23.3 Å². The highest BCUT2D eigenvalue weighted by atomic mass is 35.5. The topological polar surface area (TPSA) is 93.7 Å². The smallest absolute Gasteiger partial charge is 0.418 e. The molecule has 36 heavy (non-hydrogen) atoms. The summed E-state index contributed by atoms with van der Waals surface area (Å²) in [6.45, 7) is 3.29. The molecule has 192 valence electrons. The number of ether oxygens (including phenoxy) is 2. The van der Waals surface area contributed by atoms with Crippen LogP contribution >= 0.6 is 11.6 Å². The highest BCUT2D eigenvalue weighted by Gasteiger charge is 2.34. The van der Waals surface area contributed by atoms with Gasteiger partial charge in [-0.2, -0.15) is 13.2 Å². The number of hydrogen-bond donors (Lipinski definition) is 2. The molecule has 3 rings (SSSR count). The summed E-state index contributed by atoms with van der Waals surface area (Å²) in [7, 11) is -3.91. The van der Waals surface area contributed by atoms with E-state index in [-0.39, 0.29) is 15.7 Å². The molecule has 12 heteroatoms. The van der Waals surface area contributed by atoms with Crippen molar-refractivity contribution in [1.29, 1.82) is 0 Å². The van der Waals surface area contributed by atoms with Gasteiger partial charge in [0.15, 0.2) is 6.61 Å². The van der Waals surface area contributed by atoms with Crippen molar-refractivity contribution >= 4 is 38.9 Å². The molecule has 1 amide bonds. The van der Waals surface area contributed by atoms with Crippen LogP contribution in [0, 0.1) is 6.92 Å². The van der Waals surface area contributed by atoms with Crippen LogP contribution in [-0.2, 0) is 21.0 Å². The minimum absolute atomic E-state index is 0.0401. The van der Waals surface area contributed by atoms with E-state index in [9.17, 15) is 26.4 Å². The number of halogens is 4. The van der Waals surface area contributed by atoms with Gasteiger partial charge in [-0.3, -0.25) is 9.52 Å². The standard InChI is InChI=1S/C24H22ClF3N2O5S/c1-3-34-18-7-5-17(6-8-18)30-36(32,33)19-9-11-22(15(2)12-19)35-14-23(31)29-21-10-4-16(25)13-20(21)24(26,27)28/h4-13,30H,3,14H2,1-2H3,(H,29,31). The molecule has 2 N–H and O–H groups in total. The predicted octanol–water partition coefficient (Wildman–Crippen LogP) is 5.88. The summed E-state index contributed by atoms with van der Waals surface area (Å²) in [5.41, 5.74) is -0.804. The number of benzene rings is 3.